The van der Waals surface area contributed by atoms with Crippen LogP contribution in [0.25, 0.3) is 11.3 Å². The molecule has 0 amide bonds. The van der Waals surface area contributed by atoms with E-state index in [-0.39, 0.29) is 12.4 Å². The zero-order valence-electron chi connectivity index (χ0n) is 11.2. The number of ether oxygens (including phenoxy) is 3. The van der Waals surface area contributed by atoms with Crippen molar-refractivity contribution in [3.8, 4) is 11.3 Å². The molecule has 6 nitrogen and oxygen atoms in total. The maximum Gasteiger partial charge on any atom is 0.377 e. The van der Waals surface area contributed by atoms with Crippen molar-refractivity contribution in [1.82, 2.24) is 5.16 Å². The maximum atomic E-state index is 11.7. The van der Waals surface area contributed by atoms with Crippen LogP contribution < -0.4 is 0 Å². The molecule has 2 heterocycles. The normalized spacial score (nSPS) is 13.8. The molecule has 0 saturated heterocycles. The van der Waals surface area contributed by atoms with Crippen LogP contribution >= 0.6 is 0 Å². The van der Waals surface area contributed by atoms with Gasteiger partial charge in [-0.25, -0.2) is 4.79 Å². The summed E-state index contributed by atoms with van der Waals surface area (Å²) in [6, 6.07) is 11.3. The lowest BCUT2D eigenvalue weighted by atomic mass is 10.2. The second-order valence-corrected chi connectivity index (χ2v) is 4.33. The molecule has 0 bridgehead atoms. The van der Waals surface area contributed by atoms with Gasteiger partial charge in [-0.15, -0.1) is 0 Å². The minimum atomic E-state index is -0.584. The highest BCUT2D eigenvalue weighted by atomic mass is 16.6. The van der Waals surface area contributed by atoms with Crippen molar-refractivity contribution >= 4 is 5.97 Å². The van der Waals surface area contributed by atoms with E-state index < -0.39 is 5.97 Å². The van der Waals surface area contributed by atoms with E-state index in [4.69, 9.17) is 18.7 Å². The van der Waals surface area contributed by atoms with E-state index in [1.54, 1.807) is 6.07 Å². The first-order valence-corrected chi connectivity index (χ1v) is 6.45. The van der Waals surface area contributed by atoms with Crippen molar-refractivity contribution in [1.29, 1.82) is 0 Å². The summed E-state index contributed by atoms with van der Waals surface area (Å²) < 4.78 is 20.4. The van der Waals surface area contributed by atoms with Gasteiger partial charge in [0, 0.05) is 11.6 Å². The highest BCUT2D eigenvalue weighted by molar-refractivity contribution is 5.86. The third-order valence-corrected chi connectivity index (χ3v) is 2.82. The van der Waals surface area contributed by atoms with E-state index >= 15 is 0 Å². The Hall–Kier alpha value is -2.76. The number of nitrogens with zero attached hydrogens (tertiary/aromatic N) is 1. The van der Waals surface area contributed by atoms with Gasteiger partial charge in [-0.05, 0) is 0 Å². The first-order chi connectivity index (χ1) is 10.3. The van der Waals surface area contributed by atoms with Crippen LogP contribution in [0.3, 0.4) is 0 Å². The van der Waals surface area contributed by atoms with E-state index in [2.05, 4.69) is 5.16 Å². The first kappa shape index (κ1) is 13.2. The third kappa shape index (κ3) is 3.22. The van der Waals surface area contributed by atoms with Crippen LogP contribution in [-0.4, -0.2) is 24.3 Å². The van der Waals surface area contributed by atoms with Crippen molar-refractivity contribution in [2.24, 2.45) is 0 Å². The van der Waals surface area contributed by atoms with Crippen LogP contribution in [0, 0.1) is 0 Å². The summed E-state index contributed by atoms with van der Waals surface area (Å²) >= 11 is 0. The molecule has 0 N–H and O–H groups in total. The SMILES string of the molecule is O=C(OCc1cc(-c2ccccc2)on1)C1=COCCO1. The number of aromatic nitrogens is 1. The topological polar surface area (TPSA) is 70.8 Å². The Balaban J connectivity index is 1.60. The Morgan fingerprint density at radius 3 is 2.86 bits per heavy atom. The third-order valence-electron chi connectivity index (χ3n) is 2.82. The minimum absolute atomic E-state index is 0.00979. The Bertz CT molecular complexity index is 647. The van der Waals surface area contributed by atoms with E-state index in [0.29, 0.717) is 24.7 Å². The zero-order chi connectivity index (χ0) is 14.5. The molecular formula is C15H13NO5. The fourth-order valence-electron chi connectivity index (χ4n) is 1.80. The molecule has 1 aliphatic heterocycles. The fourth-order valence-corrected chi connectivity index (χ4v) is 1.80. The molecule has 0 aliphatic carbocycles. The van der Waals surface area contributed by atoms with Gasteiger partial charge in [0.25, 0.3) is 0 Å². The maximum absolute atomic E-state index is 11.7. The smallest absolute Gasteiger partial charge is 0.377 e. The van der Waals surface area contributed by atoms with Crippen molar-refractivity contribution in [3.05, 3.63) is 54.1 Å². The van der Waals surface area contributed by atoms with Gasteiger partial charge in [-0.2, -0.15) is 0 Å². The first-order valence-electron chi connectivity index (χ1n) is 6.45. The van der Waals surface area contributed by atoms with Gasteiger partial charge >= 0.3 is 5.97 Å². The van der Waals surface area contributed by atoms with Crippen molar-refractivity contribution in [2.45, 2.75) is 6.61 Å². The molecule has 3 rings (SSSR count). The molecule has 0 radical (unpaired) electrons. The van der Waals surface area contributed by atoms with Crippen LogP contribution in [0.15, 0.2) is 52.9 Å². The molecule has 6 heteroatoms. The number of hydrogen-bond acceptors (Lipinski definition) is 6. The molecule has 21 heavy (non-hydrogen) atoms. The molecule has 2 aromatic rings. The highest BCUT2D eigenvalue weighted by Gasteiger charge is 2.17. The highest BCUT2D eigenvalue weighted by Crippen LogP contribution is 2.20. The van der Waals surface area contributed by atoms with E-state index in [9.17, 15) is 4.79 Å². The van der Waals surface area contributed by atoms with Gasteiger partial charge < -0.3 is 18.7 Å². The molecule has 1 aromatic carbocycles. The van der Waals surface area contributed by atoms with Gasteiger partial charge in [-0.1, -0.05) is 35.5 Å². The summed E-state index contributed by atoms with van der Waals surface area (Å²) in [5.41, 5.74) is 1.44. The van der Waals surface area contributed by atoms with Gasteiger partial charge in [0.15, 0.2) is 5.76 Å². The molecular weight excluding hydrogens is 274 g/mol. The van der Waals surface area contributed by atoms with Gasteiger partial charge in [0.2, 0.25) is 5.76 Å². The monoisotopic (exact) mass is 287 g/mol. The second-order valence-electron chi connectivity index (χ2n) is 4.33. The number of carbonyl (C=O) groups is 1. The summed E-state index contributed by atoms with van der Waals surface area (Å²) in [6.45, 7) is 0.777. The molecule has 0 saturated carbocycles. The van der Waals surface area contributed by atoms with Crippen molar-refractivity contribution < 1.29 is 23.5 Å². The second kappa shape index (κ2) is 6.13. The van der Waals surface area contributed by atoms with Crippen LogP contribution in [-0.2, 0) is 25.6 Å². The van der Waals surface area contributed by atoms with Gasteiger partial charge in [0.05, 0.1) is 0 Å². The summed E-state index contributed by atoms with van der Waals surface area (Å²) in [7, 11) is 0. The molecule has 1 aliphatic rings. The minimum Gasteiger partial charge on any atom is -0.493 e. The predicted molar refractivity (Wildman–Crippen MR) is 71.7 cm³/mol. The zero-order valence-corrected chi connectivity index (χ0v) is 11.2. The number of esters is 1. The number of hydrogen-bond donors (Lipinski definition) is 0. The summed E-state index contributed by atoms with van der Waals surface area (Å²) in [6.07, 6.45) is 1.25. The van der Waals surface area contributed by atoms with Crippen molar-refractivity contribution in [2.75, 3.05) is 13.2 Å². The predicted octanol–water partition coefficient (Wildman–Crippen LogP) is 2.27. The quantitative estimate of drug-likeness (QED) is 0.803. The van der Waals surface area contributed by atoms with Crippen LogP contribution in [0.1, 0.15) is 5.69 Å². The molecule has 0 spiro atoms. The summed E-state index contributed by atoms with van der Waals surface area (Å²) in [5.74, 6) is 0.102. The Kier molecular flexibility index (Phi) is 3.86. The number of rotatable bonds is 4. The van der Waals surface area contributed by atoms with Crippen LogP contribution in [0.4, 0.5) is 0 Å². The summed E-state index contributed by atoms with van der Waals surface area (Å²) in [4.78, 5) is 11.7. The molecule has 108 valence electrons. The lowest BCUT2D eigenvalue weighted by Crippen LogP contribution is -2.17. The van der Waals surface area contributed by atoms with E-state index in [1.165, 1.54) is 6.26 Å². The van der Waals surface area contributed by atoms with E-state index in [1.807, 2.05) is 30.3 Å². The fraction of sp³-hybridized carbons (Fsp3) is 0.200. The van der Waals surface area contributed by atoms with Crippen LogP contribution in [0.5, 0.6) is 0 Å². The van der Waals surface area contributed by atoms with Crippen LogP contribution in [0.2, 0.25) is 0 Å². The lowest BCUT2D eigenvalue weighted by molar-refractivity contribution is -0.146. The lowest BCUT2D eigenvalue weighted by Gasteiger charge is -2.13. The molecule has 0 fully saturated rings. The number of carbonyl (C=O) groups excluding carboxylic acids is 1. The van der Waals surface area contributed by atoms with Gasteiger partial charge in [0.1, 0.15) is 31.8 Å². The number of benzene rings is 1. The van der Waals surface area contributed by atoms with Gasteiger partial charge in [-0.3, -0.25) is 0 Å². The average Bonchev–Trinajstić information content (AvgIpc) is 3.03. The molecule has 1 aromatic heterocycles. The summed E-state index contributed by atoms with van der Waals surface area (Å²) in [5, 5.41) is 3.87. The standard InChI is InChI=1S/C15H13NO5/c17-15(14-10-18-6-7-19-14)20-9-12-8-13(21-16-12)11-4-2-1-3-5-11/h1-5,8,10H,6-7,9H2. The largest absolute Gasteiger partial charge is 0.493 e. The Morgan fingerprint density at radius 2 is 2.10 bits per heavy atom. The van der Waals surface area contributed by atoms with Crippen molar-refractivity contribution in [3.63, 3.8) is 0 Å². The molecule has 0 unspecified atom stereocenters. The average molecular weight is 287 g/mol. The molecule has 0 atom stereocenters. The Labute approximate surface area is 120 Å². The Morgan fingerprint density at radius 1 is 1.24 bits per heavy atom. The van der Waals surface area contributed by atoms with E-state index in [0.717, 1.165) is 5.56 Å².